The molecular weight excluding hydrogens is 364 g/mol. The van der Waals surface area contributed by atoms with Crippen molar-refractivity contribution in [3.8, 4) is 16.9 Å². The zero-order valence-electron chi connectivity index (χ0n) is 14.4. The van der Waals surface area contributed by atoms with Crippen LogP contribution in [0.3, 0.4) is 0 Å². The van der Waals surface area contributed by atoms with E-state index in [4.69, 9.17) is 21.1 Å². The van der Waals surface area contributed by atoms with E-state index in [-0.39, 0.29) is 19.0 Å². The molecule has 0 bridgehead atoms. The van der Waals surface area contributed by atoms with E-state index in [2.05, 4.69) is 0 Å². The van der Waals surface area contributed by atoms with Gasteiger partial charge in [0.05, 0.1) is 0 Å². The Labute approximate surface area is 162 Å². The number of benzene rings is 3. The maximum atomic E-state index is 12.0. The summed E-state index contributed by atoms with van der Waals surface area (Å²) in [6.07, 6.45) is 0. The van der Waals surface area contributed by atoms with Crippen LogP contribution in [-0.2, 0) is 9.53 Å². The quantitative estimate of drug-likeness (QED) is 0.436. The first-order valence-electron chi connectivity index (χ1n) is 8.35. The normalized spacial score (nSPS) is 10.3. The first-order chi connectivity index (χ1) is 13.1. The number of hydrogen-bond donors (Lipinski definition) is 0. The summed E-state index contributed by atoms with van der Waals surface area (Å²) in [6.45, 7) is -0.623. The summed E-state index contributed by atoms with van der Waals surface area (Å²) in [6, 6.07) is 23.6. The Morgan fingerprint density at radius 1 is 0.778 bits per heavy atom. The van der Waals surface area contributed by atoms with Gasteiger partial charge in [-0.25, -0.2) is 4.79 Å². The molecule has 0 spiro atoms. The maximum absolute atomic E-state index is 12.0. The highest BCUT2D eigenvalue weighted by Crippen LogP contribution is 2.29. The van der Waals surface area contributed by atoms with Gasteiger partial charge in [-0.15, -0.1) is 0 Å². The van der Waals surface area contributed by atoms with E-state index in [0.717, 1.165) is 11.1 Å². The van der Waals surface area contributed by atoms with Crippen molar-refractivity contribution in [1.29, 1.82) is 0 Å². The number of Topliss-reactive ketones (excluding diaryl/α,β-unsaturated/α-hetero) is 1. The fourth-order valence-electron chi connectivity index (χ4n) is 2.49. The topological polar surface area (TPSA) is 52.6 Å². The summed E-state index contributed by atoms with van der Waals surface area (Å²) >= 11 is 5.79. The minimum atomic E-state index is -0.611. The second-order valence-electron chi connectivity index (χ2n) is 5.74. The van der Waals surface area contributed by atoms with Crippen molar-refractivity contribution in [1.82, 2.24) is 0 Å². The molecule has 0 atom stereocenters. The summed E-state index contributed by atoms with van der Waals surface area (Å²) in [5, 5.41) is 0.536. The van der Waals surface area contributed by atoms with Crippen molar-refractivity contribution in [3.63, 3.8) is 0 Å². The molecule has 5 heteroatoms. The van der Waals surface area contributed by atoms with Gasteiger partial charge in [0.15, 0.2) is 19.0 Å². The van der Waals surface area contributed by atoms with Gasteiger partial charge in [0.25, 0.3) is 0 Å². The molecule has 0 amide bonds. The number of carbonyl (C=O) groups is 2. The Morgan fingerprint density at radius 2 is 1.44 bits per heavy atom. The average Bonchev–Trinajstić information content (AvgIpc) is 2.72. The Morgan fingerprint density at radius 3 is 2.19 bits per heavy atom. The minimum absolute atomic E-state index is 0.280. The molecule has 0 heterocycles. The van der Waals surface area contributed by atoms with Gasteiger partial charge < -0.3 is 9.47 Å². The van der Waals surface area contributed by atoms with E-state index < -0.39 is 5.97 Å². The molecule has 0 aliphatic carbocycles. The number of carbonyl (C=O) groups excluding carboxylic acids is 2. The molecule has 136 valence electrons. The largest absolute Gasteiger partial charge is 0.481 e. The fraction of sp³-hybridized carbons (Fsp3) is 0.0909. The van der Waals surface area contributed by atoms with Crippen molar-refractivity contribution in [2.75, 3.05) is 13.2 Å². The number of ether oxygens (including phenoxy) is 2. The third kappa shape index (κ3) is 5.19. The molecule has 27 heavy (non-hydrogen) atoms. The van der Waals surface area contributed by atoms with Crippen molar-refractivity contribution >= 4 is 23.4 Å². The smallest absolute Gasteiger partial charge is 0.344 e. The van der Waals surface area contributed by atoms with Crippen LogP contribution in [0.4, 0.5) is 0 Å². The number of esters is 1. The van der Waals surface area contributed by atoms with Crippen molar-refractivity contribution in [2.24, 2.45) is 0 Å². The Kier molecular flexibility index (Phi) is 6.23. The first-order valence-corrected chi connectivity index (χ1v) is 8.73. The molecule has 0 radical (unpaired) electrons. The molecule has 4 nitrogen and oxygen atoms in total. The molecule has 0 aliphatic rings. The monoisotopic (exact) mass is 380 g/mol. The number of ketones is 1. The molecule has 3 aromatic rings. The van der Waals surface area contributed by atoms with Crippen LogP contribution >= 0.6 is 11.6 Å². The Balaban J connectivity index is 1.55. The van der Waals surface area contributed by atoms with Gasteiger partial charge >= 0.3 is 5.97 Å². The summed E-state index contributed by atoms with van der Waals surface area (Å²) in [4.78, 5) is 23.9. The molecule has 0 N–H and O–H groups in total. The summed E-state index contributed by atoms with van der Waals surface area (Å²) in [7, 11) is 0. The number of hydrogen-bond acceptors (Lipinski definition) is 4. The van der Waals surface area contributed by atoms with Gasteiger partial charge in [0, 0.05) is 16.1 Å². The van der Waals surface area contributed by atoms with Crippen LogP contribution in [0.5, 0.6) is 5.75 Å². The van der Waals surface area contributed by atoms with Crippen LogP contribution < -0.4 is 4.74 Å². The lowest BCUT2D eigenvalue weighted by atomic mass is 10.1. The predicted octanol–water partition coefficient (Wildman–Crippen LogP) is 4.81. The third-order valence-corrected chi connectivity index (χ3v) is 4.10. The van der Waals surface area contributed by atoms with Crippen molar-refractivity contribution in [2.45, 2.75) is 0 Å². The number of para-hydroxylation sites is 1. The molecule has 0 fully saturated rings. The van der Waals surface area contributed by atoms with Gasteiger partial charge in [-0.05, 0) is 35.9 Å². The predicted molar refractivity (Wildman–Crippen MR) is 104 cm³/mol. The molecule has 3 rings (SSSR count). The zero-order chi connectivity index (χ0) is 19.1. The number of rotatable bonds is 7. The Bertz CT molecular complexity index is 921. The van der Waals surface area contributed by atoms with Crippen LogP contribution in [0, 0.1) is 0 Å². The third-order valence-electron chi connectivity index (χ3n) is 3.85. The minimum Gasteiger partial charge on any atom is -0.481 e. The standard InChI is InChI=1S/C22H17ClO4/c23-18-12-10-17(11-13-18)20(24)14-27-22(25)15-26-21-9-5-4-8-19(21)16-6-2-1-3-7-16/h1-13H,14-15H2. The van der Waals surface area contributed by atoms with Gasteiger partial charge in [-0.1, -0.05) is 60.1 Å². The molecule has 3 aromatic carbocycles. The van der Waals surface area contributed by atoms with Gasteiger partial charge in [-0.3, -0.25) is 4.79 Å². The van der Waals surface area contributed by atoms with Crippen LogP contribution in [0.25, 0.3) is 11.1 Å². The molecular formula is C22H17ClO4. The molecule has 0 aromatic heterocycles. The SMILES string of the molecule is O=C(COc1ccccc1-c1ccccc1)OCC(=O)c1ccc(Cl)cc1. The van der Waals surface area contributed by atoms with E-state index >= 15 is 0 Å². The second-order valence-corrected chi connectivity index (χ2v) is 6.18. The molecule has 0 saturated heterocycles. The highest BCUT2D eigenvalue weighted by atomic mass is 35.5. The van der Waals surface area contributed by atoms with Gasteiger partial charge in [0.2, 0.25) is 0 Å². The van der Waals surface area contributed by atoms with Gasteiger partial charge in [0.1, 0.15) is 5.75 Å². The number of halogens is 1. The van der Waals surface area contributed by atoms with Crippen molar-refractivity contribution in [3.05, 3.63) is 89.4 Å². The fourth-order valence-corrected chi connectivity index (χ4v) is 2.62. The van der Waals surface area contributed by atoms with E-state index in [9.17, 15) is 9.59 Å². The average molecular weight is 381 g/mol. The lowest BCUT2D eigenvalue weighted by molar-refractivity contribution is -0.144. The van der Waals surface area contributed by atoms with Crippen LogP contribution in [0.2, 0.25) is 5.02 Å². The van der Waals surface area contributed by atoms with Crippen LogP contribution in [0.1, 0.15) is 10.4 Å². The Hall–Kier alpha value is -3.11. The summed E-state index contributed by atoms with van der Waals surface area (Å²) in [5.41, 5.74) is 2.30. The van der Waals surface area contributed by atoms with E-state index in [1.165, 1.54) is 0 Å². The van der Waals surface area contributed by atoms with Crippen LogP contribution in [-0.4, -0.2) is 25.0 Å². The lowest BCUT2D eigenvalue weighted by Gasteiger charge is -2.11. The van der Waals surface area contributed by atoms with E-state index in [1.54, 1.807) is 30.3 Å². The van der Waals surface area contributed by atoms with Crippen molar-refractivity contribution < 1.29 is 19.1 Å². The van der Waals surface area contributed by atoms with Gasteiger partial charge in [-0.2, -0.15) is 0 Å². The summed E-state index contributed by atoms with van der Waals surface area (Å²) < 4.78 is 10.6. The summed E-state index contributed by atoms with van der Waals surface area (Å²) in [5.74, 6) is -0.338. The van der Waals surface area contributed by atoms with E-state index in [1.807, 2.05) is 48.5 Å². The van der Waals surface area contributed by atoms with E-state index in [0.29, 0.717) is 16.3 Å². The molecule has 0 unspecified atom stereocenters. The molecule has 0 aliphatic heterocycles. The second kappa shape index (κ2) is 9.01. The zero-order valence-corrected chi connectivity index (χ0v) is 15.2. The van der Waals surface area contributed by atoms with Crippen LogP contribution in [0.15, 0.2) is 78.9 Å². The molecule has 0 saturated carbocycles. The first kappa shape index (κ1) is 18.7. The maximum Gasteiger partial charge on any atom is 0.344 e. The highest BCUT2D eigenvalue weighted by Gasteiger charge is 2.12. The lowest BCUT2D eigenvalue weighted by Crippen LogP contribution is -2.19. The highest BCUT2D eigenvalue weighted by molar-refractivity contribution is 6.30.